The molecular weight excluding hydrogens is 420 g/mol. The van der Waals surface area contributed by atoms with Crippen molar-refractivity contribution in [3.05, 3.63) is 59.1 Å². The van der Waals surface area contributed by atoms with Gasteiger partial charge in [0, 0.05) is 22.5 Å². The van der Waals surface area contributed by atoms with Crippen molar-refractivity contribution >= 4 is 35.2 Å². The van der Waals surface area contributed by atoms with E-state index in [1.54, 1.807) is 31.1 Å². The van der Waals surface area contributed by atoms with Crippen molar-refractivity contribution in [2.75, 3.05) is 12.9 Å². The summed E-state index contributed by atoms with van der Waals surface area (Å²) in [5.74, 6) is 0.681. The van der Waals surface area contributed by atoms with Gasteiger partial charge >= 0.3 is 0 Å². The predicted molar refractivity (Wildman–Crippen MR) is 123 cm³/mol. The number of amides is 2. The Balaban J connectivity index is 2.16. The molecule has 0 saturated carbocycles. The monoisotopic (exact) mass is 448 g/mol. The molecular formula is C23H29ClN2O3S. The predicted octanol–water partition coefficient (Wildman–Crippen LogP) is 4.77. The zero-order valence-electron chi connectivity index (χ0n) is 17.9. The van der Waals surface area contributed by atoms with Crippen LogP contribution in [-0.2, 0) is 16.1 Å². The van der Waals surface area contributed by atoms with E-state index in [4.69, 9.17) is 16.3 Å². The second-order valence-electron chi connectivity index (χ2n) is 7.11. The van der Waals surface area contributed by atoms with Crippen molar-refractivity contribution in [2.24, 2.45) is 0 Å². The molecule has 30 heavy (non-hydrogen) atoms. The Hall–Kier alpha value is -2.18. The maximum atomic E-state index is 13.1. The van der Waals surface area contributed by atoms with Gasteiger partial charge in [-0.05, 0) is 62.2 Å². The van der Waals surface area contributed by atoms with Gasteiger partial charge in [0.2, 0.25) is 11.8 Å². The highest BCUT2D eigenvalue weighted by Crippen LogP contribution is 2.22. The molecule has 0 heterocycles. The minimum absolute atomic E-state index is 0.0529. The summed E-state index contributed by atoms with van der Waals surface area (Å²) >= 11 is 7.36. The van der Waals surface area contributed by atoms with E-state index < -0.39 is 6.04 Å². The molecule has 0 unspecified atom stereocenters. The minimum Gasteiger partial charge on any atom is -0.497 e. The summed E-state index contributed by atoms with van der Waals surface area (Å²) in [6, 6.07) is 14.3. The number of methoxy groups -OCH3 is 1. The van der Waals surface area contributed by atoms with Crippen molar-refractivity contribution in [1.82, 2.24) is 10.2 Å². The van der Waals surface area contributed by atoms with Crippen LogP contribution in [0.5, 0.6) is 5.75 Å². The molecule has 0 bridgehead atoms. The van der Waals surface area contributed by atoms with Crippen molar-refractivity contribution in [1.29, 1.82) is 0 Å². The topological polar surface area (TPSA) is 58.6 Å². The number of rotatable bonds is 10. The van der Waals surface area contributed by atoms with Gasteiger partial charge in [-0.1, -0.05) is 30.7 Å². The van der Waals surface area contributed by atoms with Crippen molar-refractivity contribution in [3.8, 4) is 5.75 Å². The van der Waals surface area contributed by atoms with E-state index in [1.165, 1.54) is 11.8 Å². The lowest BCUT2D eigenvalue weighted by Crippen LogP contribution is -2.50. The molecule has 0 aliphatic heterocycles. The number of ether oxygens (including phenoxy) is 1. The third-order valence-electron chi connectivity index (χ3n) is 4.83. The lowest BCUT2D eigenvalue weighted by molar-refractivity contribution is -0.138. The largest absolute Gasteiger partial charge is 0.497 e. The Morgan fingerprint density at radius 3 is 2.50 bits per heavy atom. The van der Waals surface area contributed by atoms with Crippen molar-refractivity contribution in [3.63, 3.8) is 0 Å². The Morgan fingerprint density at radius 2 is 1.87 bits per heavy atom. The first-order chi connectivity index (χ1) is 14.3. The van der Waals surface area contributed by atoms with Crippen LogP contribution in [0.2, 0.25) is 5.02 Å². The molecule has 2 rings (SSSR count). The van der Waals surface area contributed by atoms with Gasteiger partial charge in [-0.15, -0.1) is 11.8 Å². The minimum atomic E-state index is -0.594. The fourth-order valence-corrected chi connectivity index (χ4v) is 3.68. The van der Waals surface area contributed by atoms with Crippen LogP contribution in [0.25, 0.3) is 0 Å². The number of halogens is 1. The number of thioether (sulfide) groups is 1. The van der Waals surface area contributed by atoms with Crippen LogP contribution in [0.3, 0.4) is 0 Å². The van der Waals surface area contributed by atoms with Crippen LogP contribution < -0.4 is 10.1 Å². The number of benzene rings is 2. The van der Waals surface area contributed by atoms with E-state index in [-0.39, 0.29) is 23.6 Å². The zero-order valence-corrected chi connectivity index (χ0v) is 19.4. The molecule has 0 aliphatic rings. The number of nitrogens with one attached hydrogen (secondary N) is 1. The van der Waals surface area contributed by atoms with Gasteiger partial charge < -0.3 is 15.0 Å². The van der Waals surface area contributed by atoms with Crippen LogP contribution in [0.15, 0.2) is 53.4 Å². The molecule has 0 saturated heterocycles. The molecule has 5 nitrogen and oxygen atoms in total. The van der Waals surface area contributed by atoms with Crippen LogP contribution in [-0.4, -0.2) is 41.7 Å². The summed E-state index contributed by atoms with van der Waals surface area (Å²) in [4.78, 5) is 28.4. The third kappa shape index (κ3) is 7.26. The molecule has 0 radical (unpaired) electrons. The normalized spacial score (nSPS) is 12.7. The first-order valence-electron chi connectivity index (χ1n) is 9.95. The number of hydrogen-bond acceptors (Lipinski definition) is 4. The fourth-order valence-electron chi connectivity index (χ4n) is 2.77. The Kier molecular flexibility index (Phi) is 9.53. The van der Waals surface area contributed by atoms with E-state index in [2.05, 4.69) is 5.32 Å². The van der Waals surface area contributed by atoms with Crippen LogP contribution in [0, 0.1) is 0 Å². The van der Waals surface area contributed by atoms with Gasteiger partial charge in [-0.2, -0.15) is 0 Å². The highest BCUT2D eigenvalue weighted by atomic mass is 35.5. The molecule has 0 aliphatic carbocycles. The molecule has 0 fully saturated rings. The molecule has 2 amide bonds. The highest BCUT2D eigenvalue weighted by molar-refractivity contribution is 8.00. The maximum absolute atomic E-state index is 13.1. The number of carbonyl (C=O) groups excluding carboxylic acids is 2. The molecule has 7 heteroatoms. The van der Waals surface area contributed by atoms with Gasteiger partial charge in [-0.25, -0.2) is 0 Å². The van der Waals surface area contributed by atoms with E-state index >= 15 is 0 Å². The third-order valence-corrected chi connectivity index (χ3v) is 6.08. The second-order valence-corrected chi connectivity index (χ2v) is 8.59. The van der Waals surface area contributed by atoms with Gasteiger partial charge in [0.05, 0.1) is 12.9 Å². The second kappa shape index (κ2) is 11.9. The molecule has 2 aromatic carbocycles. The number of hydrogen-bond donors (Lipinski definition) is 1. The Morgan fingerprint density at radius 1 is 1.17 bits per heavy atom. The van der Waals surface area contributed by atoms with Crippen molar-refractivity contribution < 1.29 is 14.3 Å². The molecule has 0 spiro atoms. The smallest absolute Gasteiger partial charge is 0.242 e. The molecule has 0 aromatic heterocycles. The standard InChI is InChI=1S/C23H29ClN2O3S/c1-5-16(2)25-23(28)17(3)26(14-18-7-6-8-20(13-18)29-4)22(27)15-30-21-11-9-19(24)10-12-21/h6-13,16-17H,5,14-15H2,1-4H3,(H,25,28)/t16-,17-/m0/s1. The summed E-state index contributed by atoms with van der Waals surface area (Å²) in [6.45, 7) is 6.06. The first-order valence-corrected chi connectivity index (χ1v) is 11.3. The molecule has 162 valence electrons. The summed E-state index contributed by atoms with van der Waals surface area (Å²) in [5.41, 5.74) is 0.905. The van der Waals surface area contributed by atoms with E-state index in [1.807, 2.05) is 50.2 Å². The zero-order chi connectivity index (χ0) is 22.1. The Labute approximate surface area is 188 Å². The van der Waals surface area contributed by atoms with Crippen LogP contribution >= 0.6 is 23.4 Å². The Bertz CT molecular complexity index is 845. The molecule has 2 atom stereocenters. The van der Waals surface area contributed by atoms with Crippen LogP contribution in [0.1, 0.15) is 32.8 Å². The fraction of sp³-hybridized carbons (Fsp3) is 0.391. The molecule has 1 N–H and O–H groups in total. The average molecular weight is 449 g/mol. The quantitative estimate of drug-likeness (QED) is 0.532. The summed E-state index contributed by atoms with van der Waals surface area (Å²) in [5, 5.41) is 3.63. The SMILES string of the molecule is CC[C@H](C)NC(=O)[C@H](C)N(Cc1cccc(OC)c1)C(=O)CSc1ccc(Cl)cc1. The van der Waals surface area contributed by atoms with Gasteiger partial charge in [0.15, 0.2) is 0 Å². The summed E-state index contributed by atoms with van der Waals surface area (Å²) in [7, 11) is 1.60. The van der Waals surface area contributed by atoms with Gasteiger partial charge in [0.1, 0.15) is 11.8 Å². The summed E-state index contributed by atoms with van der Waals surface area (Å²) < 4.78 is 5.29. The van der Waals surface area contributed by atoms with E-state index in [0.29, 0.717) is 17.3 Å². The van der Waals surface area contributed by atoms with Gasteiger partial charge in [-0.3, -0.25) is 9.59 Å². The average Bonchev–Trinajstić information content (AvgIpc) is 2.76. The van der Waals surface area contributed by atoms with Gasteiger partial charge in [0.25, 0.3) is 0 Å². The maximum Gasteiger partial charge on any atom is 0.242 e. The van der Waals surface area contributed by atoms with Crippen molar-refractivity contribution in [2.45, 2.75) is 50.7 Å². The lowest BCUT2D eigenvalue weighted by Gasteiger charge is -2.29. The molecule has 2 aromatic rings. The lowest BCUT2D eigenvalue weighted by atomic mass is 10.1. The van der Waals surface area contributed by atoms with E-state index in [9.17, 15) is 9.59 Å². The van der Waals surface area contributed by atoms with E-state index in [0.717, 1.165) is 16.9 Å². The number of nitrogens with zero attached hydrogens (tertiary/aromatic N) is 1. The highest BCUT2D eigenvalue weighted by Gasteiger charge is 2.26. The first kappa shape index (κ1) is 24.1. The summed E-state index contributed by atoms with van der Waals surface area (Å²) in [6.07, 6.45) is 0.828. The number of carbonyl (C=O) groups is 2. The van der Waals surface area contributed by atoms with Crippen LogP contribution in [0.4, 0.5) is 0 Å².